The van der Waals surface area contributed by atoms with Crippen LogP contribution < -0.4 is 5.32 Å². The summed E-state index contributed by atoms with van der Waals surface area (Å²) in [6, 6.07) is 3.77. The van der Waals surface area contributed by atoms with Crippen molar-refractivity contribution in [1.29, 1.82) is 5.26 Å². The van der Waals surface area contributed by atoms with Gasteiger partial charge in [0.05, 0.1) is 11.3 Å². The Morgan fingerprint density at radius 3 is 3.00 bits per heavy atom. The fourth-order valence-electron chi connectivity index (χ4n) is 2.96. The van der Waals surface area contributed by atoms with Gasteiger partial charge in [-0.2, -0.15) is 5.26 Å². The summed E-state index contributed by atoms with van der Waals surface area (Å²) in [5, 5.41) is 23.5. The molecule has 1 saturated carbocycles. The number of amides is 1. The van der Waals surface area contributed by atoms with E-state index in [2.05, 4.69) is 21.6 Å². The maximum atomic E-state index is 12.1. The minimum absolute atomic E-state index is 0.138. The van der Waals surface area contributed by atoms with E-state index in [0.717, 1.165) is 11.0 Å². The summed E-state index contributed by atoms with van der Waals surface area (Å²) in [6.45, 7) is 0. The SMILES string of the molecule is Cn1c(SCC(=O)Nc2sccc2C#N)nnc1C1CCCCC1. The Balaban J connectivity index is 1.58. The van der Waals surface area contributed by atoms with Crippen LogP contribution in [-0.2, 0) is 11.8 Å². The van der Waals surface area contributed by atoms with Crippen LogP contribution in [0.5, 0.6) is 0 Å². The molecule has 0 aliphatic heterocycles. The molecule has 0 unspecified atom stereocenters. The highest BCUT2D eigenvalue weighted by atomic mass is 32.2. The Labute approximate surface area is 149 Å². The number of thiophene rings is 1. The molecular weight excluding hydrogens is 342 g/mol. The lowest BCUT2D eigenvalue weighted by atomic mass is 9.89. The molecule has 0 spiro atoms. The second kappa shape index (κ2) is 7.81. The van der Waals surface area contributed by atoms with Gasteiger partial charge in [0, 0.05) is 13.0 Å². The molecule has 2 aromatic rings. The first-order chi connectivity index (χ1) is 11.7. The van der Waals surface area contributed by atoms with Crippen molar-refractivity contribution in [2.24, 2.45) is 7.05 Å². The molecule has 0 atom stereocenters. The van der Waals surface area contributed by atoms with Crippen LogP contribution in [0.25, 0.3) is 0 Å². The van der Waals surface area contributed by atoms with Crippen LogP contribution >= 0.6 is 23.1 Å². The summed E-state index contributed by atoms with van der Waals surface area (Å²) in [4.78, 5) is 12.1. The number of nitriles is 1. The Morgan fingerprint density at radius 2 is 2.25 bits per heavy atom. The molecule has 1 fully saturated rings. The van der Waals surface area contributed by atoms with Crippen molar-refractivity contribution in [3.8, 4) is 6.07 Å². The summed E-state index contributed by atoms with van der Waals surface area (Å²) >= 11 is 2.73. The van der Waals surface area contributed by atoms with Crippen molar-refractivity contribution in [3.05, 3.63) is 22.8 Å². The molecule has 0 radical (unpaired) electrons. The van der Waals surface area contributed by atoms with Crippen LogP contribution in [0.15, 0.2) is 16.6 Å². The highest BCUT2D eigenvalue weighted by Crippen LogP contribution is 2.32. The Morgan fingerprint density at radius 1 is 1.46 bits per heavy atom. The van der Waals surface area contributed by atoms with E-state index in [9.17, 15) is 4.79 Å². The molecule has 1 aliphatic carbocycles. The third-order valence-corrected chi connectivity index (χ3v) is 6.06. The van der Waals surface area contributed by atoms with E-state index in [1.54, 1.807) is 11.4 Å². The molecule has 0 saturated heterocycles. The van der Waals surface area contributed by atoms with Gasteiger partial charge in [-0.1, -0.05) is 31.0 Å². The molecule has 8 heteroatoms. The minimum atomic E-state index is -0.138. The van der Waals surface area contributed by atoms with E-state index in [1.807, 2.05) is 11.6 Å². The minimum Gasteiger partial charge on any atom is -0.316 e. The van der Waals surface area contributed by atoms with Crippen LogP contribution in [0, 0.1) is 11.3 Å². The number of aromatic nitrogens is 3. The normalized spacial score (nSPS) is 15.2. The molecule has 126 valence electrons. The van der Waals surface area contributed by atoms with Gasteiger partial charge < -0.3 is 9.88 Å². The molecular formula is C16H19N5OS2. The Bertz CT molecular complexity index is 755. The second-order valence-electron chi connectivity index (χ2n) is 5.85. The fraction of sp³-hybridized carbons (Fsp3) is 0.500. The molecule has 0 aromatic carbocycles. The number of nitrogens with zero attached hydrogens (tertiary/aromatic N) is 4. The lowest BCUT2D eigenvalue weighted by molar-refractivity contribution is -0.113. The summed E-state index contributed by atoms with van der Waals surface area (Å²) in [5.74, 6) is 1.63. The molecule has 2 heterocycles. The lowest BCUT2D eigenvalue weighted by Crippen LogP contribution is -2.14. The molecule has 6 nitrogen and oxygen atoms in total. The zero-order valence-electron chi connectivity index (χ0n) is 13.5. The van der Waals surface area contributed by atoms with E-state index in [0.29, 0.717) is 16.5 Å². The maximum Gasteiger partial charge on any atom is 0.235 e. The van der Waals surface area contributed by atoms with E-state index < -0.39 is 0 Å². The van der Waals surface area contributed by atoms with E-state index in [1.165, 1.54) is 55.2 Å². The monoisotopic (exact) mass is 361 g/mol. The number of anilines is 1. The summed E-state index contributed by atoms with van der Waals surface area (Å²) in [7, 11) is 1.97. The number of thioether (sulfide) groups is 1. The molecule has 1 amide bonds. The molecule has 2 aromatic heterocycles. The van der Waals surface area contributed by atoms with E-state index >= 15 is 0 Å². The van der Waals surface area contributed by atoms with Gasteiger partial charge in [0.1, 0.15) is 16.9 Å². The first-order valence-corrected chi connectivity index (χ1v) is 9.85. The number of nitrogens with one attached hydrogen (secondary N) is 1. The van der Waals surface area contributed by atoms with Crippen molar-refractivity contribution in [2.45, 2.75) is 43.2 Å². The van der Waals surface area contributed by atoms with Gasteiger partial charge in [-0.05, 0) is 24.3 Å². The van der Waals surface area contributed by atoms with Crippen LogP contribution in [-0.4, -0.2) is 26.4 Å². The molecule has 0 bridgehead atoms. The van der Waals surface area contributed by atoms with Gasteiger partial charge in [-0.3, -0.25) is 4.79 Å². The first-order valence-electron chi connectivity index (χ1n) is 7.98. The highest BCUT2D eigenvalue weighted by Gasteiger charge is 2.22. The van der Waals surface area contributed by atoms with Gasteiger partial charge in [-0.25, -0.2) is 0 Å². The van der Waals surface area contributed by atoms with E-state index in [4.69, 9.17) is 5.26 Å². The molecule has 24 heavy (non-hydrogen) atoms. The molecule has 3 rings (SSSR count). The number of carbonyl (C=O) groups is 1. The third kappa shape index (κ3) is 3.79. The van der Waals surface area contributed by atoms with Crippen LogP contribution in [0.4, 0.5) is 5.00 Å². The molecule has 1 N–H and O–H groups in total. The number of hydrogen-bond acceptors (Lipinski definition) is 6. The van der Waals surface area contributed by atoms with Crippen molar-refractivity contribution >= 4 is 34.0 Å². The molecule has 1 aliphatic rings. The van der Waals surface area contributed by atoms with Gasteiger partial charge in [-0.15, -0.1) is 21.5 Å². The zero-order valence-corrected chi connectivity index (χ0v) is 15.1. The average molecular weight is 361 g/mol. The van der Waals surface area contributed by atoms with Crippen LogP contribution in [0.1, 0.15) is 49.4 Å². The predicted octanol–water partition coefficient (Wildman–Crippen LogP) is 3.53. The largest absolute Gasteiger partial charge is 0.316 e. The van der Waals surface area contributed by atoms with Crippen molar-refractivity contribution in [2.75, 3.05) is 11.1 Å². The number of hydrogen-bond donors (Lipinski definition) is 1. The smallest absolute Gasteiger partial charge is 0.235 e. The third-order valence-electron chi connectivity index (χ3n) is 4.21. The van der Waals surface area contributed by atoms with Crippen LogP contribution in [0.2, 0.25) is 0 Å². The average Bonchev–Trinajstić information content (AvgIpc) is 3.20. The van der Waals surface area contributed by atoms with Gasteiger partial charge in [0.2, 0.25) is 5.91 Å². The predicted molar refractivity (Wildman–Crippen MR) is 95.2 cm³/mol. The van der Waals surface area contributed by atoms with Crippen molar-refractivity contribution < 1.29 is 4.79 Å². The topological polar surface area (TPSA) is 83.6 Å². The Kier molecular flexibility index (Phi) is 5.53. The number of carbonyl (C=O) groups excluding carboxylic acids is 1. The maximum absolute atomic E-state index is 12.1. The summed E-state index contributed by atoms with van der Waals surface area (Å²) < 4.78 is 2.01. The van der Waals surface area contributed by atoms with Gasteiger partial charge in [0.15, 0.2) is 5.16 Å². The van der Waals surface area contributed by atoms with E-state index in [-0.39, 0.29) is 11.7 Å². The first kappa shape index (κ1) is 17.0. The van der Waals surface area contributed by atoms with Gasteiger partial charge in [0.25, 0.3) is 0 Å². The van der Waals surface area contributed by atoms with Crippen LogP contribution in [0.3, 0.4) is 0 Å². The number of rotatable bonds is 5. The summed E-state index contributed by atoms with van der Waals surface area (Å²) in [6.07, 6.45) is 6.16. The summed E-state index contributed by atoms with van der Waals surface area (Å²) in [5.41, 5.74) is 0.497. The lowest BCUT2D eigenvalue weighted by Gasteiger charge is -2.20. The quantitative estimate of drug-likeness (QED) is 0.824. The van der Waals surface area contributed by atoms with Gasteiger partial charge >= 0.3 is 0 Å². The standard InChI is InChI=1S/C16H19N5OS2/c1-21-14(11-5-3-2-4-6-11)19-20-16(21)24-10-13(22)18-15-12(9-17)7-8-23-15/h7-8,11H,2-6,10H2,1H3,(H,18,22). The zero-order chi connectivity index (χ0) is 16.9. The Hall–Kier alpha value is -1.85. The van der Waals surface area contributed by atoms with Crippen molar-refractivity contribution in [1.82, 2.24) is 14.8 Å². The second-order valence-corrected chi connectivity index (χ2v) is 7.71. The fourth-order valence-corrected chi connectivity index (χ4v) is 4.43. The highest BCUT2D eigenvalue weighted by molar-refractivity contribution is 7.99. The van der Waals surface area contributed by atoms with Crippen molar-refractivity contribution in [3.63, 3.8) is 0 Å².